The monoisotopic (exact) mass is 311 g/mol. The lowest BCUT2D eigenvalue weighted by atomic mass is 10.2. The van der Waals surface area contributed by atoms with Crippen molar-refractivity contribution >= 4 is 0 Å². The van der Waals surface area contributed by atoms with E-state index in [0.29, 0.717) is 0 Å². The Labute approximate surface area is 113 Å². The quantitative estimate of drug-likeness (QED) is 0.863. The van der Waals surface area contributed by atoms with Crippen LogP contribution in [0.3, 0.4) is 0 Å². The summed E-state index contributed by atoms with van der Waals surface area (Å²) in [5.41, 5.74) is 3.55. The van der Waals surface area contributed by atoms with Crippen molar-refractivity contribution in [3.8, 4) is 5.69 Å². The lowest BCUT2D eigenvalue weighted by Crippen LogP contribution is -2.12. The Morgan fingerprint density at radius 3 is 1.95 bits per heavy atom. The molecule has 0 aromatic carbocycles. The van der Waals surface area contributed by atoms with Gasteiger partial charge < -0.3 is 5.73 Å². The molecule has 0 aliphatic carbocycles. The summed E-state index contributed by atoms with van der Waals surface area (Å²) in [4.78, 5) is 6.09. The van der Waals surface area contributed by atoms with E-state index in [2.05, 4.69) is 15.1 Å². The van der Waals surface area contributed by atoms with Gasteiger partial charge in [-0.25, -0.2) is 14.6 Å². The summed E-state index contributed by atoms with van der Waals surface area (Å²) in [6.45, 7) is -0.420. The minimum Gasteiger partial charge on any atom is -0.326 e. The van der Waals surface area contributed by atoms with Crippen LogP contribution in [0.5, 0.6) is 0 Å². The molecule has 0 radical (unpaired) electrons. The first kappa shape index (κ1) is 15.2. The molecule has 2 rings (SSSR count). The molecule has 0 fully saturated rings. The molecule has 11 heteroatoms. The highest BCUT2D eigenvalue weighted by atomic mass is 19.4. The minimum absolute atomic E-state index is 0.145. The Hall–Kier alpha value is -2.17. The molecule has 0 aliphatic heterocycles. The number of alkyl halides is 6. The minimum atomic E-state index is -4.73. The fourth-order valence-electron chi connectivity index (χ4n) is 1.52. The highest BCUT2D eigenvalue weighted by Gasteiger charge is 2.37. The molecular weight excluding hydrogens is 304 g/mol. The summed E-state index contributed by atoms with van der Waals surface area (Å²) in [5.74, 6) is -1.39. The second kappa shape index (κ2) is 4.98. The van der Waals surface area contributed by atoms with Gasteiger partial charge in [-0.05, 0) is 0 Å². The van der Waals surface area contributed by atoms with Crippen molar-refractivity contribution in [2.75, 3.05) is 0 Å². The molecule has 0 bridgehead atoms. The van der Waals surface area contributed by atoms with E-state index in [1.54, 1.807) is 0 Å². The Morgan fingerprint density at radius 1 is 1.00 bits per heavy atom. The number of hydrogen-bond donors (Lipinski definition) is 1. The fourth-order valence-corrected chi connectivity index (χ4v) is 1.52. The van der Waals surface area contributed by atoms with Gasteiger partial charge in [0.2, 0.25) is 5.82 Å². The van der Waals surface area contributed by atoms with E-state index in [9.17, 15) is 26.3 Å². The summed E-state index contributed by atoms with van der Waals surface area (Å²) in [6.07, 6.45) is -7.03. The number of rotatable bonds is 2. The summed E-state index contributed by atoms with van der Waals surface area (Å²) < 4.78 is 75.6. The Morgan fingerprint density at radius 2 is 1.57 bits per heavy atom. The first-order valence-corrected chi connectivity index (χ1v) is 5.38. The van der Waals surface area contributed by atoms with Crippen LogP contribution in [-0.2, 0) is 18.9 Å². The maximum atomic E-state index is 12.7. The largest absolute Gasteiger partial charge is 0.451 e. The average molecular weight is 311 g/mol. The average Bonchev–Trinajstić information content (AvgIpc) is 2.82. The van der Waals surface area contributed by atoms with Crippen LogP contribution in [0.2, 0.25) is 0 Å². The van der Waals surface area contributed by atoms with Gasteiger partial charge in [0.25, 0.3) is 0 Å². The lowest BCUT2D eigenvalue weighted by Gasteiger charge is -2.05. The Bertz CT molecular complexity index is 627. The third-order valence-electron chi connectivity index (χ3n) is 2.43. The zero-order chi connectivity index (χ0) is 15.8. The predicted octanol–water partition coefficient (Wildman–Crippen LogP) is 2.16. The van der Waals surface area contributed by atoms with Gasteiger partial charge in [-0.3, -0.25) is 0 Å². The molecule has 114 valence electrons. The van der Waals surface area contributed by atoms with Crippen LogP contribution in [0.25, 0.3) is 5.69 Å². The molecule has 0 saturated carbocycles. The second-order valence-corrected chi connectivity index (χ2v) is 3.91. The molecule has 5 nitrogen and oxygen atoms in total. The summed E-state index contributed by atoms with van der Waals surface area (Å²) in [5, 5.41) is 3.26. The molecule has 0 saturated heterocycles. The van der Waals surface area contributed by atoms with Gasteiger partial charge >= 0.3 is 12.4 Å². The number of nitrogens with zero attached hydrogens (tertiary/aromatic N) is 4. The van der Waals surface area contributed by atoms with E-state index in [1.165, 1.54) is 0 Å². The zero-order valence-corrected chi connectivity index (χ0v) is 10.1. The summed E-state index contributed by atoms with van der Waals surface area (Å²) in [6, 6.07) is 0. The van der Waals surface area contributed by atoms with Gasteiger partial charge in [-0.1, -0.05) is 0 Å². The number of aromatic nitrogens is 4. The topological polar surface area (TPSA) is 69.6 Å². The maximum absolute atomic E-state index is 12.7. The van der Waals surface area contributed by atoms with Gasteiger partial charge in [0, 0.05) is 18.3 Å². The standard InChI is InChI=1S/C10H7F6N5/c11-9(12,13)7-5(1-17)4-21(20-7)6-2-18-8(19-3-6)10(14,15)16/h2-4H,1,17H2. The molecule has 2 aromatic heterocycles. The van der Waals surface area contributed by atoms with Gasteiger partial charge in [0.1, 0.15) is 5.69 Å². The highest BCUT2D eigenvalue weighted by molar-refractivity contribution is 5.29. The van der Waals surface area contributed by atoms with Gasteiger partial charge in [0.05, 0.1) is 12.4 Å². The van der Waals surface area contributed by atoms with Crippen molar-refractivity contribution in [1.29, 1.82) is 0 Å². The summed E-state index contributed by atoms with van der Waals surface area (Å²) >= 11 is 0. The van der Waals surface area contributed by atoms with Crippen molar-refractivity contribution in [2.24, 2.45) is 5.73 Å². The Kier molecular flexibility index (Phi) is 3.61. The third-order valence-corrected chi connectivity index (χ3v) is 2.43. The molecular formula is C10H7F6N5. The van der Waals surface area contributed by atoms with E-state index >= 15 is 0 Å². The van der Waals surface area contributed by atoms with Crippen LogP contribution in [0.15, 0.2) is 18.6 Å². The van der Waals surface area contributed by atoms with Gasteiger partial charge in [-0.2, -0.15) is 31.4 Å². The molecule has 2 heterocycles. The highest BCUT2D eigenvalue weighted by Crippen LogP contribution is 2.31. The number of hydrogen-bond acceptors (Lipinski definition) is 4. The number of halogens is 6. The molecule has 0 amide bonds. The fraction of sp³-hybridized carbons (Fsp3) is 0.300. The summed E-state index contributed by atoms with van der Waals surface area (Å²) in [7, 11) is 0. The molecule has 2 N–H and O–H groups in total. The zero-order valence-electron chi connectivity index (χ0n) is 10.1. The van der Waals surface area contributed by atoms with Crippen molar-refractivity contribution in [3.05, 3.63) is 35.7 Å². The van der Waals surface area contributed by atoms with Crippen LogP contribution in [-0.4, -0.2) is 19.7 Å². The van der Waals surface area contributed by atoms with Crippen LogP contribution < -0.4 is 5.73 Å². The van der Waals surface area contributed by atoms with E-state index in [4.69, 9.17) is 5.73 Å². The van der Waals surface area contributed by atoms with Crippen molar-refractivity contribution in [2.45, 2.75) is 18.9 Å². The third kappa shape index (κ3) is 3.12. The SMILES string of the molecule is NCc1cn(-c2cnc(C(F)(F)F)nc2)nc1C(F)(F)F. The lowest BCUT2D eigenvalue weighted by molar-refractivity contribution is -0.145. The first-order chi connectivity index (χ1) is 9.63. The molecule has 2 aromatic rings. The molecule has 0 spiro atoms. The molecule has 0 unspecified atom stereocenters. The van der Waals surface area contributed by atoms with Gasteiger partial charge in [0.15, 0.2) is 5.69 Å². The van der Waals surface area contributed by atoms with E-state index in [0.717, 1.165) is 23.3 Å². The van der Waals surface area contributed by atoms with Crippen molar-refractivity contribution < 1.29 is 26.3 Å². The molecule has 21 heavy (non-hydrogen) atoms. The first-order valence-electron chi connectivity index (χ1n) is 5.38. The normalized spacial score (nSPS) is 12.7. The van der Waals surface area contributed by atoms with E-state index < -0.39 is 30.4 Å². The smallest absolute Gasteiger partial charge is 0.326 e. The predicted molar refractivity (Wildman–Crippen MR) is 57.0 cm³/mol. The maximum Gasteiger partial charge on any atom is 0.451 e. The van der Waals surface area contributed by atoms with Crippen LogP contribution in [0.1, 0.15) is 17.1 Å². The van der Waals surface area contributed by atoms with E-state index in [1.807, 2.05) is 0 Å². The second-order valence-electron chi connectivity index (χ2n) is 3.91. The molecule has 0 atom stereocenters. The van der Waals surface area contributed by atoms with Crippen molar-refractivity contribution in [1.82, 2.24) is 19.7 Å². The van der Waals surface area contributed by atoms with Gasteiger partial charge in [-0.15, -0.1) is 0 Å². The van der Waals surface area contributed by atoms with Crippen molar-refractivity contribution in [3.63, 3.8) is 0 Å². The van der Waals surface area contributed by atoms with Crippen LogP contribution >= 0.6 is 0 Å². The Balaban J connectivity index is 2.41. The van der Waals surface area contributed by atoms with Crippen LogP contribution in [0.4, 0.5) is 26.3 Å². The van der Waals surface area contributed by atoms with E-state index in [-0.39, 0.29) is 11.3 Å². The van der Waals surface area contributed by atoms with Crippen LogP contribution in [0, 0.1) is 0 Å². The number of nitrogens with two attached hydrogens (primary N) is 1. The molecule has 0 aliphatic rings.